The first-order chi connectivity index (χ1) is 13.2. The summed E-state index contributed by atoms with van der Waals surface area (Å²) in [5.74, 6) is 1.01. The predicted octanol–water partition coefficient (Wildman–Crippen LogP) is 2.40. The van der Waals surface area contributed by atoms with Gasteiger partial charge in [-0.15, -0.1) is 11.3 Å². The molecule has 2 N–H and O–H groups in total. The molecule has 1 aromatic carbocycles. The second-order valence-corrected chi connectivity index (χ2v) is 8.49. The molecule has 2 fully saturated rings. The fourth-order valence-corrected chi connectivity index (χ4v) is 5.42. The van der Waals surface area contributed by atoms with Gasteiger partial charge in [-0.2, -0.15) is 0 Å². The Morgan fingerprint density at radius 3 is 3.00 bits per heavy atom. The van der Waals surface area contributed by atoms with Gasteiger partial charge in [0.2, 0.25) is 5.91 Å². The van der Waals surface area contributed by atoms with Crippen LogP contribution in [0.5, 0.6) is 0 Å². The fourth-order valence-electron chi connectivity index (χ4n) is 4.86. The summed E-state index contributed by atoms with van der Waals surface area (Å²) in [4.78, 5) is 22.5. The van der Waals surface area contributed by atoms with E-state index in [0.717, 1.165) is 35.4 Å². The molecule has 2 aliphatic heterocycles. The number of aryl methyl sites for hydroxylation is 1. The van der Waals surface area contributed by atoms with E-state index in [9.17, 15) is 4.79 Å². The van der Waals surface area contributed by atoms with E-state index in [1.54, 1.807) is 11.3 Å². The fraction of sp³-hybridized carbons (Fsp3) is 0.450. The number of rotatable bonds is 5. The molecule has 3 atom stereocenters. The van der Waals surface area contributed by atoms with Crippen LogP contribution in [-0.2, 0) is 24.8 Å². The summed E-state index contributed by atoms with van der Waals surface area (Å²) in [5, 5.41) is 8.89. The molecule has 2 aliphatic rings. The maximum atomic E-state index is 13.4. The topological polar surface area (TPSA) is 71.8 Å². The van der Waals surface area contributed by atoms with E-state index in [4.69, 9.17) is 0 Å². The van der Waals surface area contributed by atoms with Crippen molar-refractivity contribution in [3.8, 4) is 0 Å². The number of benzene rings is 1. The molecule has 27 heavy (non-hydrogen) atoms. The van der Waals surface area contributed by atoms with Crippen LogP contribution in [0.1, 0.15) is 30.8 Å². The third-order valence-corrected chi connectivity index (χ3v) is 6.87. The van der Waals surface area contributed by atoms with Crippen LogP contribution >= 0.6 is 11.3 Å². The van der Waals surface area contributed by atoms with E-state index < -0.39 is 5.41 Å². The van der Waals surface area contributed by atoms with Gasteiger partial charge in [0, 0.05) is 30.9 Å². The number of nitrogens with zero attached hydrogens (tertiary/aromatic N) is 3. The number of hydrogen-bond donors (Lipinski definition) is 2. The van der Waals surface area contributed by atoms with Crippen molar-refractivity contribution in [2.45, 2.75) is 44.3 Å². The molecular weight excluding hydrogens is 358 g/mol. The van der Waals surface area contributed by atoms with E-state index in [1.807, 2.05) is 30.8 Å². The molecule has 3 aromatic rings. The summed E-state index contributed by atoms with van der Waals surface area (Å²) in [6.45, 7) is 0.445. The molecule has 2 bridgehead atoms. The molecule has 6 nitrogen and oxygen atoms in total. The number of para-hydroxylation sites is 2. The average Bonchev–Trinajstić information content (AvgIpc) is 3.45. The summed E-state index contributed by atoms with van der Waals surface area (Å²) < 4.78 is 2.06. The number of nitrogens with one attached hydrogen (secondary N) is 2. The van der Waals surface area contributed by atoms with Crippen molar-refractivity contribution >= 4 is 28.3 Å². The van der Waals surface area contributed by atoms with Crippen LogP contribution in [0.15, 0.2) is 35.2 Å². The first kappa shape index (κ1) is 16.9. The van der Waals surface area contributed by atoms with Crippen molar-refractivity contribution in [1.82, 2.24) is 25.2 Å². The number of carbonyl (C=O) groups is 1. The predicted molar refractivity (Wildman–Crippen MR) is 105 cm³/mol. The molecule has 2 aromatic heterocycles. The molecule has 0 aliphatic carbocycles. The highest BCUT2D eigenvalue weighted by atomic mass is 32.1. The van der Waals surface area contributed by atoms with Crippen LogP contribution in [0, 0.1) is 5.41 Å². The second kappa shape index (κ2) is 6.42. The highest BCUT2D eigenvalue weighted by molar-refractivity contribution is 7.07. The standard InChI is InChI=1S/C20H23N5OS/c1-25-16-5-3-2-4-15(16)24-18(25)10-21-19(26)20(9-14-11-27-12-22-14)8-13-6-7-17(20)23-13/h2-5,11-13,17,23H,6-10H2,1H3,(H,21,26)/t13-,17+,20-/m0/s1. The Hall–Kier alpha value is -2.25. The van der Waals surface area contributed by atoms with Crippen LogP contribution in [0.4, 0.5) is 0 Å². The lowest BCUT2D eigenvalue weighted by Gasteiger charge is -2.34. The van der Waals surface area contributed by atoms with Crippen LogP contribution in [0.25, 0.3) is 11.0 Å². The summed E-state index contributed by atoms with van der Waals surface area (Å²) in [6.07, 6.45) is 3.83. The number of thiazole rings is 1. The van der Waals surface area contributed by atoms with Crippen molar-refractivity contribution in [1.29, 1.82) is 0 Å². The Labute approximate surface area is 162 Å². The van der Waals surface area contributed by atoms with E-state index >= 15 is 0 Å². The maximum absolute atomic E-state index is 13.4. The van der Waals surface area contributed by atoms with Gasteiger partial charge < -0.3 is 15.2 Å². The highest BCUT2D eigenvalue weighted by Crippen LogP contribution is 2.45. The molecule has 5 rings (SSSR count). The van der Waals surface area contributed by atoms with Gasteiger partial charge in [0.15, 0.2) is 0 Å². The SMILES string of the molecule is Cn1c(CNC(=O)[C@]2(Cc3cscn3)C[C@@H]3CC[C@H]2N3)nc2ccccc21. The summed E-state index contributed by atoms with van der Waals surface area (Å²) in [7, 11) is 2.00. The normalized spacial score (nSPS) is 26.7. The van der Waals surface area contributed by atoms with Crippen molar-refractivity contribution in [2.24, 2.45) is 12.5 Å². The van der Waals surface area contributed by atoms with Crippen molar-refractivity contribution in [3.05, 3.63) is 46.7 Å². The Morgan fingerprint density at radius 2 is 2.30 bits per heavy atom. The molecule has 1 amide bonds. The average molecular weight is 382 g/mol. The Balaban J connectivity index is 1.38. The second-order valence-electron chi connectivity index (χ2n) is 7.77. The molecule has 0 unspecified atom stereocenters. The van der Waals surface area contributed by atoms with E-state index in [-0.39, 0.29) is 11.9 Å². The summed E-state index contributed by atoms with van der Waals surface area (Å²) in [5.41, 5.74) is 4.51. The minimum Gasteiger partial charge on any atom is -0.348 e. The zero-order chi connectivity index (χ0) is 18.4. The van der Waals surface area contributed by atoms with Gasteiger partial charge in [-0.25, -0.2) is 9.97 Å². The maximum Gasteiger partial charge on any atom is 0.228 e. The lowest BCUT2D eigenvalue weighted by molar-refractivity contribution is -0.132. The highest BCUT2D eigenvalue weighted by Gasteiger charge is 2.55. The van der Waals surface area contributed by atoms with Gasteiger partial charge in [-0.1, -0.05) is 12.1 Å². The third kappa shape index (κ3) is 2.76. The number of aromatic nitrogens is 3. The first-order valence-electron chi connectivity index (χ1n) is 9.47. The lowest BCUT2D eigenvalue weighted by atomic mass is 9.70. The van der Waals surface area contributed by atoms with E-state index in [0.29, 0.717) is 19.0 Å². The quantitative estimate of drug-likeness (QED) is 0.712. The number of hydrogen-bond acceptors (Lipinski definition) is 5. The zero-order valence-electron chi connectivity index (χ0n) is 15.3. The van der Waals surface area contributed by atoms with Crippen LogP contribution in [0.2, 0.25) is 0 Å². The number of fused-ring (bicyclic) bond motifs is 3. The molecule has 7 heteroatoms. The van der Waals surface area contributed by atoms with Crippen molar-refractivity contribution in [2.75, 3.05) is 0 Å². The smallest absolute Gasteiger partial charge is 0.228 e. The molecule has 2 saturated heterocycles. The van der Waals surface area contributed by atoms with Crippen LogP contribution < -0.4 is 10.6 Å². The van der Waals surface area contributed by atoms with Gasteiger partial charge in [-0.3, -0.25) is 4.79 Å². The summed E-state index contributed by atoms with van der Waals surface area (Å²) in [6, 6.07) is 8.75. The zero-order valence-corrected chi connectivity index (χ0v) is 16.1. The minimum atomic E-state index is -0.401. The molecular formula is C20H23N5OS. The van der Waals surface area contributed by atoms with E-state index in [2.05, 4.69) is 36.6 Å². The first-order valence-corrected chi connectivity index (χ1v) is 10.4. The summed E-state index contributed by atoms with van der Waals surface area (Å²) >= 11 is 1.59. The molecule has 4 heterocycles. The van der Waals surface area contributed by atoms with Crippen molar-refractivity contribution in [3.63, 3.8) is 0 Å². The lowest BCUT2D eigenvalue weighted by Crippen LogP contribution is -2.50. The monoisotopic (exact) mass is 381 g/mol. The van der Waals surface area contributed by atoms with Gasteiger partial charge in [0.05, 0.1) is 34.2 Å². The number of amides is 1. The molecule has 140 valence electrons. The molecule has 0 saturated carbocycles. The largest absolute Gasteiger partial charge is 0.348 e. The number of carbonyl (C=O) groups excluding carboxylic acids is 1. The van der Waals surface area contributed by atoms with Gasteiger partial charge in [0.25, 0.3) is 0 Å². The molecule has 0 spiro atoms. The van der Waals surface area contributed by atoms with Crippen LogP contribution in [0.3, 0.4) is 0 Å². The van der Waals surface area contributed by atoms with E-state index in [1.165, 1.54) is 6.42 Å². The van der Waals surface area contributed by atoms with Gasteiger partial charge in [0.1, 0.15) is 5.82 Å². The third-order valence-electron chi connectivity index (χ3n) is 6.24. The minimum absolute atomic E-state index is 0.127. The van der Waals surface area contributed by atoms with Crippen LogP contribution in [-0.4, -0.2) is 32.5 Å². The Bertz CT molecular complexity index is 982. The van der Waals surface area contributed by atoms with Gasteiger partial charge >= 0.3 is 0 Å². The van der Waals surface area contributed by atoms with Crippen molar-refractivity contribution < 1.29 is 4.79 Å². The van der Waals surface area contributed by atoms with Gasteiger partial charge in [-0.05, 0) is 31.4 Å². The Kier molecular flexibility index (Phi) is 4.02. The Morgan fingerprint density at radius 1 is 1.41 bits per heavy atom. The number of imidazole rings is 1. The molecule has 0 radical (unpaired) electrons.